The van der Waals surface area contributed by atoms with Crippen LogP contribution in [-0.4, -0.2) is 33.3 Å². The summed E-state index contributed by atoms with van der Waals surface area (Å²) in [6, 6.07) is 10.1. The maximum Gasteiger partial charge on any atom is 0.124 e. The molecule has 2 N–H and O–H groups in total. The number of hydrogen-bond donors (Lipinski definition) is 2. The average Bonchev–Trinajstić information content (AvgIpc) is 3.23. The Hall–Kier alpha value is -2.67. The zero-order chi connectivity index (χ0) is 22.1. The van der Waals surface area contributed by atoms with Crippen LogP contribution >= 0.6 is 23.2 Å². The number of halogens is 2. The molecule has 5 rings (SSSR count). The van der Waals surface area contributed by atoms with Crippen LogP contribution in [-0.2, 0) is 0 Å². The molecule has 32 heavy (non-hydrogen) atoms. The molecule has 0 amide bonds. The number of H-pyrrole nitrogens is 1. The Kier molecular flexibility index (Phi) is 6.00. The van der Waals surface area contributed by atoms with E-state index in [1.54, 1.807) is 12.4 Å². The SMILES string of the molecule is CC(Oc1ccc2[nH]nc(-c3ccc(C4CCNCC4)nc3)c2c1)c1c(Cl)cncc1Cl. The first-order valence-corrected chi connectivity index (χ1v) is 11.5. The number of benzene rings is 1. The van der Waals surface area contributed by atoms with Crippen molar-refractivity contribution in [1.29, 1.82) is 0 Å². The molecule has 1 saturated heterocycles. The fourth-order valence-electron chi connectivity index (χ4n) is 4.26. The van der Waals surface area contributed by atoms with Crippen molar-refractivity contribution in [2.75, 3.05) is 13.1 Å². The van der Waals surface area contributed by atoms with E-state index in [9.17, 15) is 0 Å². The van der Waals surface area contributed by atoms with Gasteiger partial charge in [0.2, 0.25) is 0 Å². The Balaban J connectivity index is 1.41. The van der Waals surface area contributed by atoms with Gasteiger partial charge in [0.15, 0.2) is 0 Å². The number of fused-ring (bicyclic) bond motifs is 1. The summed E-state index contributed by atoms with van der Waals surface area (Å²) in [5.74, 6) is 1.23. The highest BCUT2D eigenvalue weighted by atomic mass is 35.5. The molecule has 8 heteroatoms. The van der Waals surface area contributed by atoms with Gasteiger partial charge in [0.05, 0.1) is 15.6 Å². The number of nitrogens with one attached hydrogen (secondary N) is 2. The molecule has 0 radical (unpaired) electrons. The molecule has 164 valence electrons. The minimum Gasteiger partial charge on any atom is -0.486 e. The Morgan fingerprint density at radius 3 is 2.53 bits per heavy atom. The molecule has 0 saturated carbocycles. The number of ether oxygens (including phenoxy) is 1. The zero-order valence-corrected chi connectivity index (χ0v) is 19.1. The van der Waals surface area contributed by atoms with Crippen LogP contribution < -0.4 is 10.1 Å². The van der Waals surface area contributed by atoms with Crippen LogP contribution in [0.15, 0.2) is 48.9 Å². The maximum atomic E-state index is 6.29. The fourth-order valence-corrected chi connectivity index (χ4v) is 4.94. The molecule has 0 bridgehead atoms. The third kappa shape index (κ3) is 4.18. The molecule has 1 aliphatic heterocycles. The number of aromatic amines is 1. The fraction of sp³-hybridized carbons (Fsp3) is 0.292. The molecular weight excluding hydrogens is 445 g/mol. The second-order valence-corrected chi connectivity index (χ2v) is 8.87. The van der Waals surface area contributed by atoms with Gasteiger partial charge in [-0.3, -0.25) is 15.1 Å². The summed E-state index contributed by atoms with van der Waals surface area (Å²) < 4.78 is 6.17. The Morgan fingerprint density at radius 1 is 1.03 bits per heavy atom. The van der Waals surface area contributed by atoms with E-state index in [0.29, 0.717) is 27.3 Å². The number of piperidine rings is 1. The van der Waals surface area contributed by atoms with Crippen molar-refractivity contribution in [3.05, 3.63) is 70.2 Å². The number of nitrogens with zero attached hydrogens (tertiary/aromatic N) is 3. The first kappa shape index (κ1) is 21.2. The Bertz CT molecular complexity index is 1210. The highest BCUT2D eigenvalue weighted by Gasteiger charge is 2.19. The lowest BCUT2D eigenvalue weighted by molar-refractivity contribution is 0.227. The molecule has 1 fully saturated rings. The molecular formula is C24H23Cl2N5O. The quantitative estimate of drug-likeness (QED) is 0.380. The van der Waals surface area contributed by atoms with Gasteiger partial charge >= 0.3 is 0 Å². The topological polar surface area (TPSA) is 75.7 Å². The molecule has 4 heterocycles. The van der Waals surface area contributed by atoms with E-state index in [2.05, 4.69) is 32.6 Å². The predicted molar refractivity (Wildman–Crippen MR) is 127 cm³/mol. The van der Waals surface area contributed by atoms with Crippen molar-refractivity contribution in [1.82, 2.24) is 25.5 Å². The zero-order valence-electron chi connectivity index (χ0n) is 17.6. The second-order valence-electron chi connectivity index (χ2n) is 8.05. The molecule has 1 unspecified atom stereocenters. The monoisotopic (exact) mass is 467 g/mol. The first-order chi connectivity index (χ1) is 15.6. The first-order valence-electron chi connectivity index (χ1n) is 10.7. The highest BCUT2D eigenvalue weighted by Crippen LogP contribution is 2.35. The number of rotatable bonds is 5. The van der Waals surface area contributed by atoms with Gasteiger partial charge in [-0.1, -0.05) is 23.2 Å². The lowest BCUT2D eigenvalue weighted by Gasteiger charge is -2.22. The lowest BCUT2D eigenvalue weighted by atomic mass is 9.94. The van der Waals surface area contributed by atoms with E-state index in [1.807, 2.05) is 31.3 Å². The van der Waals surface area contributed by atoms with Crippen LogP contribution in [0.2, 0.25) is 10.0 Å². The van der Waals surface area contributed by atoms with Crippen LogP contribution in [0.5, 0.6) is 5.75 Å². The van der Waals surface area contributed by atoms with Crippen LogP contribution in [0.25, 0.3) is 22.2 Å². The van der Waals surface area contributed by atoms with Crippen molar-refractivity contribution in [2.45, 2.75) is 31.8 Å². The van der Waals surface area contributed by atoms with Crippen LogP contribution in [0.4, 0.5) is 0 Å². The van der Waals surface area contributed by atoms with Gasteiger partial charge in [-0.15, -0.1) is 0 Å². The molecule has 1 aromatic carbocycles. The molecule has 1 aliphatic rings. The minimum atomic E-state index is -0.336. The highest BCUT2D eigenvalue weighted by molar-refractivity contribution is 6.35. The van der Waals surface area contributed by atoms with Crippen molar-refractivity contribution >= 4 is 34.1 Å². The Labute approximate surface area is 196 Å². The Morgan fingerprint density at radius 2 is 1.81 bits per heavy atom. The molecule has 3 aromatic heterocycles. The van der Waals surface area contributed by atoms with Crippen molar-refractivity contribution in [3.63, 3.8) is 0 Å². The normalized spacial score (nSPS) is 15.7. The van der Waals surface area contributed by atoms with Gasteiger partial charge in [-0.25, -0.2) is 0 Å². The van der Waals surface area contributed by atoms with E-state index < -0.39 is 0 Å². The summed E-state index contributed by atoms with van der Waals surface area (Å²) in [7, 11) is 0. The van der Waals surface area contributed by atoms with Gasteiger partial charge in [0, 0.05) is 46.7 Å². The third-order valence-corrected chi connectivity index (χ3v) is 6.56. The van der Waals surface area contributed by atoms with Crippen LogP contribution in [0.1, 0.15) is 43.0 Å². The van der Waals surface area contributed by atoms with E-state index in [-0.39, 0.29) is 6.10 Å². The number of pyridine rings is 2. The second kappa shape index (κ2) is 9.06. The molecule has 6 nitrogen and oxygen atoms in total. The van der Waals surface area contributed by atoms with Crippen LogP contribution in [0.3, 0.4) is 0 Å². The summed E-state index contributed by atoms with van der Waals surface area (Å²) in [5, 5.41) is 13.0. The number of aromatic nitrogens is 4. The van der Waals surface area contributed by atoms with E-state index >= 15 is 0 Å². The third-order valence-electron chi connectivity index (χ3n) is 5.96. The minimum absolute atomic E-state index is 0.336. The van der Waals surface area contributed by atoms with Gasteiger partial charge in [0.1, 0.15) is 17.5 Å². The smallest absolute Gasteiger partial charge is 0.124 e. The summed E-state index contributed by atoms with van der Waals surface area (Å²) in [6.07, 6.45) is 6.97. The van der Waals surface area contributed by atoms with Gasteiger partial charge in [-0.05, 0) is 63.2 Å². The largest absolute Gasteiger partial charge is 0.486 e. The van der Waals surface area contributed by atoms with Crippen molar-refractivity contribution < 1.29 is 4.74 Å². The summed E-state index contributed by atoms with van der Waals surface area (Å²) >= 11 is 12.6. The standard InChI is InChI=1S/C24H23Cl2N5O/c1-14(23-19(25)12-28-13-20(23)26)32-17-3-5-22-18(10-17)24(31-30-22)16-2-4-21(29-11-16)15-6-8-27-9-7-15/h2-5,10-15,27H,6-9H2,1H3,(H,30,31). The summed E-state index contributed by atoms with van der Waals surface area (Å²) in [4.78, 5) is 8.75. The van der Waals surface area contributed by atoms with Crippen molar-refractivity contribution in [3.8, 4) is 17.0 Å². The molecule has 4 aromatic rings. The molecule has 0 spiro atoms. The maximum absolute atomic E-state index is 6.29. The van der Waals surface area contributed by atoms with Crippen LogP contribution in [0, 0.1) is 0 Å². The average molecular weight is 468 g/mol. The summed E-state index contributed by atoms with van der Waals surface area (Å²) in [5.41, 5.74) is 4.62. The van der Waals surface area contributed by atoms with Gasteiger partial charge < -0.3 is 10.1 Å². The summed E-state index contributed by atoms with van der Waals surface area (Å²) in [6.45, 7) is 4.02. The van der Waals surface area contributed by atoms with Crippen molar-refractivity contribution in [2.24, 2.45) is 0 Å². The van der Waals surface area contributed by atoms with E-state index in [0.717, 1.165) is 53.8 Å². The molecule has 1 atom stereocenters. The molecule has 0 aliphatic carbocycles. The predicted octanol–water partition coefficient (Wildman–Crippen LogP) is 5.93. The number of hydrogen-bond acceptors (Lipinski definition) is 5. The van der Waals surface area contributed by atoms with E-state index in [4.69, 9.17) is 32.9 Å². The lowest BCUT2D eigenvalue weighted by Crippen LogP contribution is -2.26. The van der Waals surface area contributed by atoms with E-state index in [1.165, 1.54) is 0 Å². The van der Waals surface area contributed by atoms with Gasteiger partial charge in [-0.2, -0.15) is 5.10 Å². The van der Waals surface area contributed by atoms with Gasteiger partial charge in [0.25, 0.3) is 0 Å².